The fraction of sp³-hybridized carbons (Fsp3) is 0.385. The number of anilines is 1. The van der Waals surface area contributed by atoms with E-state index in [1.54, 1.807) is 24.0 Å². The number of nitrogens with one attached hydrogen (secondary N) is 1. The summed E-state index contributed by atoms with van der Waals surface area (Å²) >= 11 is 0. The molecule has 1 unspecified atom stereocenters. The van der Waals surface area contributed by atoms with Gasteiger partial charge in [-0.1, -0.05) is 11.6 Å². The second-order valence-corrected chi connectivity index (χ2v) is 4.56. The van der Waals surface area contributed by atoms with Crippen LogP contribution >= 0.6 is 0 Å². The van der Waals surface area contributed by atoms with Crippen molar-refractivity contribution in [3.63, 3.8) is 0 Å². The molecule has 0 aromatic heterocycles. The molecule has 1 saturated heterocycles. The van der Waals surface area contributed by atoms with Gasteiger partial charge in [-0.2, -0.15) is 0 Å². The van der Waals surface area contributed by atoms with Crippen molar-refractivity contribution < 1.29 is 9.59 Å². The average Bonchev–Trinajstić information content (AvgIpc) is 2.35. The Bertz CT molecular complexity index is 499. The van der Waals surface area contributed by atoms with Gasteiger partial charge in [-0.3, -0.25) is 9.59 Å². The fourth-order valence-corrected chi connectivity index (χ4v) is 2.07. The third kappa shape index (κ3) is 2.16. The van der Waals surface area contributed by atoms with Crippen LogP contribution in [0.15, 0.2) is 18.2 Å². The third-order valence-corrected chi connectivity index (χ3v) is 3.20. The molecule has 18 heavy (non-hydrogen) atoms. The van der Waals surface area contributed by atoms with Crippen LogP contribution < -0.4 is 11.1 Å². The molecule has 1 aromatic carbocycles. The first-order valence-electron chi connectivity index (χ1n) is 5.95. The summed E-state index contributed by atoms with van der Waals surface area (Å²) in [5, 5.41) is 2.73. The minimum Gasteiger partial charge on any atom is -0.398 e. The quantitative estimate of drug-likeness (QED) is 0.711. The first-order chi connectivity index (χ1) is 8.50. The van der Waals surface area contributed by atoms with Crippen molar-refractivity contribution in [2.75, 3.05) is 18.8 Å². The van der Waals surface area contributed by atoms with E-state index in [4.69, 9.17) is 5.73 Å². The van der Waals surface area contributed by atoms with Gasteiger partial charge in [-0.25, -0.2) is 0 Å². The summed E-state index contributed by atoms with van der Waals surface area (Å²) in [5.41, 5.74) is 7.72. The van der Waals surface area contributed by atoms with Crippen molar-refractivity contribution in [3.05, 3.63) is 29.3 Å². The third-order valence-electron chi connectivity index (χ3n) is 3.20. The summed E-state index contributed by atoms with van der Waals surface area (Å²) in [5.74, 6) is -0.306. The van der Waals surface area contributed by atoms with E-state index in [1.807, 2.05) is 13.0 Å². The second-order valence-electron chi connectivity index (χ2n) is 4.56. The summed E-state index contributed by atoms with van der Waals surface area (Å²) in [4.78, 5) is 25.5. The monoisotopic (exact) mass is 247 g/mol. The number of amides is 2. The number of hydrogen-bond acceptors (Lipinski definition) is 3. The van der Waals surface area contributed by atoms with Crippen LogP contribution in [0.5, 0.6) is 0 Å². The van der Waals surface area contributed by atoms with Gasteiger partial charge in [0, 0.05) is 18.8 Å². The van der Waals surface area contributed by atoms with Gasteiger partial charge in [0.2, 0.25) is 5.91 Å². The van der Waals surface area contributed by atoms with Crippen molar-refractivity contribution in [1.82, 2.24) is 10.2 Å². The molecule has 96 valence electrons. The highest BCUT2D eigenvalue weighted by molar-refractivity contribution is 6.01. The Morgan fingerprint density at radius 2 is 2.22 bits per heavy atom. The Hall–Kier alpha value is -2.04. The molecule has 1 aromatic rings. The lowest BCUT2D eigenvalue weighted by molar-refractivity contribution is -0.127. The zero-order chi connectivity index (χ0) is 13.3. The first-order valence-corrected chi connectivity index (χ1v) is 5.95. The normalized spacial score (nSPS) is 19.6. The van der Waals surface area contributed by atoms with Crippen LogP contribution in [-0.4, -0.2) is 35.8 Å². The van der Waals surface area contributed by atoms with Crippen LogP contribution in [0.2, 0.25) is 0 Å². The van der Waals surface area contributed by atoms with E-state index in [-0.39, 0.29) is 11.8 Å². The van der Waals surface area contributed by atoms with Gasteiger partial charge in [0.05, 0.1) is 5.56 Å². The lowest BCUT2D eigenvalue weighted by Crippen LogP contribution is -2.55. The average molecular weight is 247 g/mol. The van der Waals surface area contributed by atoms with E-state index in [0.29, 0.717) is 24.3 Å². The maximum atomic E-state index is 12.4. The van der Waals surface area contributed by atoms with Crippen LogP contribution in [0, 0.1) is 6.92 Å². The minimum absolute atomic E-state index is 0.124. The number of hydrogen-bond donors (Lipinski definition) is 2. The van der Waals surface area contributed by atoms with E-state index >= 15 is 0 Å². The molecule has 1 atom stereocenters. The van der Waals surface area contributed by atoms with E-state index in [9.17, 15) is 9.59 Å². The van der Waals surface area contributed by atoms with Gasteiger partial charge < -0.3 is 16.0 Å². The van der Waals surface area contributed by atoms with E-state index < -0.39 is 6.04 Å². The standard InChI is InChI=1S/C13H17N3O2/c1-8-3-4-11(14)10(7-8)13(18)16-6-5-15-12(17)9(16)2/h3-4,7,9H,5-6,14H2,1-2H3,(H,15,17). The van der Waals surface area contributed by atoms with Crippen LogP contribution in [0.4, 0.5) is 5.69 Å². The van der Waals surface area contributed by atoms with Crippen LogP contribution in [-0.2, 0) is 4.79 Å². The molecule has 5 heteroatoms. The number of aryl methyl sites for hydroxylation is 1. The molecule has 2 amide bonds. The SMILES string of the molecule is Cc1ccc(N)c(C(=O)N2CCNC(=O)C2C)c1. The van der Waals surface area contributed by atoms with Gasteiger partial charge in [0.25, 0.3) is 5.91 Å². The molecule has 0 aliphatic carbocycles. The highest BCUT2D eigenvalue weighted by Gasteiger charge is 2.30. The number of piperazine rings is 1. The van der Waals surface area contributed by atoms with Gasteiger partial charge >= 0.3 is 0 Å². The van der Waals surface area contributed by atoms with E-state index in [0.717, 1.165) is 5.56 Å². The predicted octanol–water partition coefficient (Wildman–Crippen LogP) is 0.538. The first kappa shape index (κ1) is 12.4. The molecule has 1 aliphatic heterocycles. The molecular weight excluding hydrogens is 230 g/mol. The molecule has 2 rings (SSSR count). The van der Waals surface area contributed by atoms with Crippen molar-refractivity contribution in [1.29, 1.82) is 0 Å². The molecule has 0 spiro atoms. The summed E-state index contributed by atoms with van der Waals surface area (Å²) < 4.78 is 0. The second kappa shape index (κ2) is 4.68. The van der Waals surface area contributed by atoms with Crippen LogP contribution in [0.3, 0.4) is 0 Å². The Morgan fingerprint density at radius 3 is 2.94 bits per heavy atom. The highest BCUT2D eigenvalue weighted by Crippen LogP contribution is 2.18. The van der Waals surface area contributed by atoms with Crippen molar-refractivity contribution in [2.24, 2.45) is 0 Å². The molecule has 1 aliphatic rings. The topological polar surface area (TPSA) is 75.4 Å². The molecular formula is C13H17N3O2. The number of benzene rings is 1. The number of nitrogen functional groups attached to an aromatic ring is 1. The highest BCUT2D eigenvalue weighted by atomic mass is 16.2. The molecule has 1 heterocycles. The lowest BCUT2D eigenvalue weighted by Gasteiger charge is -2.33. The molecule has 0 saturated carbocycles. The Balaban J connectivity index is 2.30. The molecule has 3 N–H and O–H groups in total. The molecule has 5 nitrogen and oxygen atoms in total. The summed E-state index contributed by atoms with van der Waals surface area (Å²) in [6.07, 6.45) is 0. The predicted molar refractivity (Wildman–Crippen MR) is 69.1 cm³/mol. The zero-order valence-electron chi connectivity index (χ0n) is 10.6. The Labute approximate surface area is 106 Å². The summed E-state index contributed by atoms with van der Waals surface area (Å²) in [6, 6.07) is 4.89. The van der Waals surface area contributed by atoms with Crippen molar-refractivity contribution in [2.45, 2.75) is 19.9 Å². The maximum Gasteiger partial charge on any atom is 0.256 e. The van der Waals surface area contributed by atoms with Gasteiger partial charge in [-0.05, 0) is 26.0 Å². The smallest absolute Gasteiger partial charge is 0.256 e. The van der Waals surface area contributed by atoms with Gasteiger partial charge in [-0.15, -0.1) is 0 Å². The number of nitrogens with zero attached hydrogens (tertiary/aromatic N) is 1. The Kier molecular flexibility index (Phi) is 3.23. The largest absolute Gasteiger partial charge is 0.398 e. The van der Waals surface area contributed by atoms with Crippen molar-refractivity contribution in [3.8, 4) is 0 Å². The number of carbonyl (C=O) groups excluding carboxylic acids is 2. The number of rotatable bonds is 1. The van der Waals surface area contributed by atoms with Gasteiger partial charge in [0.15, 0.2) is 0 Å². The van der Waals surface area contributed by atoms with Crippen LogP contribution in [0.25, 0.3) is 0 Å². The summed E-state index contributed by atoms with van der Waals surface area (Å²) in [7, 11) is 0. The Morgan fingerprint density at radius 1 is 1.50 bits per heavy atom. The minimum atomic E-state index is -0.453. The van der Waals surface area contributed by atoms with Gasteiger partial charge in [0.1, 0.15) is 6.04 Å². The van der Waals surface area contributed by atoms with Crippen LogP contribution in [0.1, 0.15) is 22.8 Å². The fourth-order valence-electron chi connectivity index (χ4n) is 2.07. The van der Waals surface area contributed by atoms with E-state index in [1.165, 1.54) is 0 Å². The van der Waals surface area contributed by atoms with Crippen molar-refractivity contribution >= 4 is 17.5 Å². The zero-order valence-corrected chi connectivity index (χ0v) is 10.6. The maximum absolute atomic E-state index is 12.4. The molecule has 0 radical (unpaired) electrons. The number of nitrogens with two attached hydrogens (primary N) is 1. The number of carbonyl (C=O) groups is 2. The molecule has 0 bridgehead atoms. The lowest BCUT2D eigenvalue weighted by atomic mass is 10.1. The van der Waals surface area contributed by atoms with E-state index in [2.05, 4.69) is 5.32 Å². The molecule has 1 fully saturated rings. The summed E-state index contributed by atoms with van der Waals surface area (Å²) in [6.45, 7) is 4.63.